The molecule has 0 radical (unpaired) electrons. The van der Waals surface area contributed by atoms with Crippen LogP contribution in [0, 0.1) is 0 Å². The SMILES string of the molecule is CCCC/C=C\CCCCCCCC(=O)OCC(COC(=O)CCCCCCCCCCCCCCCCCCCCCC)OC(=O)CCCCCCCCCCCCCC. The number of hydrogen-bond donors (Lipinski definition) is 0. The third-order valence-electron chi connectivity index (χ3n) is 12.3. The lowest BCUT2D eigenvalue weighted by Gasteiger charge is -2.18. The highest BCUT2D eigenvalue weighted by atomic mass is 16.6. The lowest BCUT2D eigenvalue weighted by atomic mass is 10.0. The van der Waals surface area contributed by atoms with Gasteiger partial charge in [0.15, 0.2) is 6.10 Å². The predicted molar refractivity (Wildman–Crippen MR) is 261 cm³/mol. The van der Waals surface area contributed by atoms with Crippen LogP contribution in [0.2, 0.25) is 0 Å². The molecule has 0 aromatic heterocycles. The van der Waals surface area contributed by atoms with Gasteiger partial charge in [0.25, 0.3) is 0 Å². The average Bonchev–Trinajstić information content (AvgIpc) is 3.26. The van der Waals surface area contributed by atoms with Gasteiger partial charge in [-0.25, -0.2) is 0 Å². The molecule has 0 aliphatic carbocycles. The van der Waals surface area contributed by atoms with Crippen LogP contribution in [-0.4, -0.2) is 37.2 Å². The van der Waals surface area contributed by atoms with Gasteiger partial charge in [-0.1, -0.05) is 258 Å². The van der Waals surface area contributed by atoms with Gasteiger partial charge in [0.2, 0.25) is 0 Å². The van der Waals surface area contributed by atoms with Crippen LogP contribution in [0.5, 0.6) is 0 Å². The molecule has 6 heteroatoms. The largest absolute Gasteiger partial charge is 0.462 e. The highest BCUT2D eigenvalue weighted by molar-refractivity contribution is 5.71. The van der Waals surface area contributed by atoms with Crippen molar-refractivity contribution >= 4 is 17.9 Å². The van der Waals surface area contributed by atoms with Crippen LogP contribution in [0.3, 0.4) is 0 Å². The summed E-state index contributed by atoms with van der Waals surface area (Å²) in [5, 5.41) is 0. The molecule has 0 heterocycles. The van der Waals surface area contributed by atoms with E-state index in [9.17, 15) is 14.4 Å². The van der Waals surface area contributed by atoms with Gasteiger partial charge >= 0.3 is 17.9 Å². The zero-order chi connectivity index (χ0) is 44.4. The summed E-state index contributed by atoms with van der Waals surface area (Å²) in [6, 6.07) is 0. The van der Waals surface area contributed by atoms with Crippen molar-refractivity contribution in [2.45, 2.75) is 309 Å². The molecular weight excluding hydrogens is 757 g/mol. The van der Waals surface area contributed by atoms with Gasteiger partial charge in [-0.2, -0.15) is 0 Å². The number of unbranched alkanes of at least 4 members (excludes halogenated alkanes) is 37. The van der Waals surface area contributed by atoms with E-state index in [1.165, 1.54) is 199 Å². The van der Waals surface area contributed by atoms with E-state index in [4.69, 9.17) is 14.2 Å². The van der Waals surface area contributed by atoms with Crippen molar-refractivity contribution < 1.29 is 28.6 Å². The highest BCUT2D eigenvalue weighted by Gasteiger charge is 2.19. The van der Waals surface area contributed by atoms with Crippen molar-refractivity contribution in [1.29, 1.82) is 0 Å². The second kappa shape index (κ2) is 50.8. The molecule has 0 aliphatic rings. The maximum atomic E-state index is 12.8. The molecule has 1 atom stereocenters. The number of carbonyl (C=O) groups is 3. The lowest BCUT2D eigenvalue weighted by molar-refractivity contribution is -0.167. The van der Waals surface area contributed by atoms with Crippen LogP contribution in [-0.2, 0) is 28.6 Å². The van der Waals surface area contributed by atoms with Crippen LogP contribution in [0.15, 0.2) is 12.2 Å². The van der Waals surface area contributed by atoms with Crippen molar-refractivity contribution in [3.8, 4) is 0 Å². The first-order chi connectivity index (χ1) is 30.0. The van der Waals surface area contributed by atoms with Crippen LogP contribution in [0.25, 0.3) is 0 Å². The Kier molecular flexibility index (Phi) is 49.3. The van der Waals surface area contributed by atoms with Gasteiger partial charge in [-0.05, 0) is 38.5 Å². The second-order valence-corrected chi connectivity index (χ2v) is 18.5. The van der Waals surface area contributed by atoms with Crippen LogP contribution in [0.4, 0.5) is 0 Å². The molecule has 61 heavy (non-hydrogen) atoms. The number of rotatable bonds is 50. The quantitative estimate of drug-likeness (QED) is 0.0262. The Morgan fingerprint density at radius 3 is 0.869 bits per heavy atom. The number of hydrogen-bond acceptors (Lipinski definition) is 6. The molecule has 1 unspecified atom stereocenters. The van der Waals surface area contributed by atoms with Crippen molar-refractivity contribution in [3.05, 3.63) is 12.2 Å². The predicted octanol–water partition coefficient (Wildman–Crippen LogP) is 17.8. The highest BCUT2D eigenvalue weighted by Crippen LogP contribution is 2.17. The van der Waals surface area contributed by atoms with Crippen LogP contribution < -0.4 is 0 Å². The lowest BCUT2D eigenvalue weighted by Crippen LogP contribution is -2.30. The Balaban J connectivity index is 4.22. The van der Waals surface area contributed by atoms with Gasteiger partial charge in [0.1, 0.15) is 13.2 Å². The third-order valence-corrected chi connectivity index (χ3v) is 12.3. The fourth-order valence-corrected chi connectivity index (χ4v) is 8.13. The van der Waals surface area contributed by atoms with E-state index in [0.29, 0.717) is 19.3 Å². The van der Waals surface area contributed by atoms with E-state index >= 15 is 0 Å². The van der Waals surface area contributed by atoms with Crippen molar-refractivity contribution in [2.75, 3.05) is 13.2 Å². The second-order valence-electron chi connectivity index (χ2n) is 18.5. The maximum absolute atomic E-state index is 12.8. The molecule has 360 valence electrons. The molecule has 0 aliphatic heterocycles. The fraction of sp³-hybridized carbons (Fsp3) is 0.909. The van der Waals surface area contributed by atoms with Crippen molar-refractivity contribution in [1.82, 2.24) is 0 Å². The first-order valence-corrected chi connectivity index (χ1v) is 27.2. The Hall–Kier alpha value is -1.85. The maximum Gasteiger partial charge on any atom is 0.306 e. The molecule has 0 aromatic rings. The van der Waals surface area contributed by atoms with E-state index in [1.54, 1.807) is 0 Å². The molecular formula is C55H104O6. The van der Waals surface area contributed by atoms with Crippen molar-refractivity contribution in [2.24, 2.45) is 0 Å². The minimum atomic E-state index is -0.766. The number of carbonyl (C=O) groups excluding carboxylic acids is 3. The van der Waals surface area contributed by atoms with E-state index in [-0.39, 0.29) is 31.1 Å². The molecule has 0 bridgehead atoms. The third kappa shape index (κ3) is 49.0. The molecule has 0 saturated carbocycles. The van der Waals surface area contributed by atoms with Crippen molar-refractivity contribution in [3.63, 3.8) is 0 Å². The summed E-state index contributed by atoms with van der Waals surface area (Å²) in [6.07, 6.45) is 56.3. The zero-order valence-electron chi connectivity index (χ0n) is 41.2. The molecule has 0 fully saturated rings. The molecule has 6 nitrogen and oxygen atoms in total. The van der Waals surface area contributed by atoms with Gasteiger partial charge in [-0.15, -0.1) is 0 Å². The summed E-state index contributed by atoms with van der Waals surface area (Å²) in [4.78, 5) is 37.9. The summed E-state index contributed by atoms with van der Waals surface area (Å²) < 4.78 is 16.8. The zero-order valence-corrected chi connectivity index (χ0v) is 41.2. The van der Waals surface area contributed by atoms with E-state index in [0.717, 1.165) is 64.2 Å². The summed E-state index contributed by atoms with van der Waals surface area (Å²) in [7, 11) is 0. The molecule has 0 saturated heterocycles. The minimum Gasteiger partial charge on any atom is -0.462 e. The monoisotopic (exact) mass is 861 g/mol. The number of esters is 3. The Bertz CT molecular complexity index is 947. The van der Waals surface area contributed by atoms with E-state index in [1.807, 2.05) is 0 Å². The first kappa shape index (κ1) is 59.1. The number of ether oxygens (including phenoxy) is 3. The average molecular weight is 861 g/mol. The van der Waals surface area contributed by atoms with Gasteiger partial charge in [0, 0.05) is 19.3 Å². The number of allylic oxidation sites excluding steroid dienone is 2. The Morgan fingerprint density at radius 2 is 0.557 bits per heavy atom. The Morgan fingerprint density at radius 1 is 0.311 bits per heavy atom. The molecule has 0 spiro atoms. The summed E-state index contributed by atoms with van der Waals surface area (Å²) in [5.41, 5.74) is 0. The first-order valence-electron chi connectivity index (χ1n) is 27.2. The fourth-order valence-electron chi connectivity index (χ4n) is 8.13. The topological polar surface area (TPSA) is 78.9 Å². The standard InChI is InChI=1S/C55H104O6/c1-4-7-10-13-16-19-22-24-25-26-27-28-29-30-31-34-36-39-42-45-48-54(57)60-51-52(50-59-53(56)47-44-41-38-35-32-21-18-15-12-9-6-3)61-55(58)49-46-43-40-37-33-23-20-17-14-11-8-5-2/h15,18,52H,4-14,16-17,19-51H2,1-3H3/b18-15-. The Labute approximate surface area is 380 Å². The minimum absolute atomic E-state index is 0.0671. The molecule has 0 rings (SSSR count). The molecule has 0 amide bonds. The van der Waals surface area contributed by atoms with Gasteiger partial charge in [-0.3, -0.25) is 14.4 Å². The summed E-state index contributed by atoms with van der Waals surface area (Å²) in [5.74, 6) is -0.859. The summed E-state index contributed by atoms with van der Waals surface area (Å²) in [6.45, 7) is 6.63. The molecule has 0 N–H and O–H groups in total. The smallest absolute Gasteiger partial charge is 0.306 e. The van der Waals surface area contributed by atoms with E-state index in [2.05, 4.69) is 32.9 Å². The summed E-state index contributed by atoms with van der Waals surface area (Å²) >= 11 is 0. The van der Waals surface area contributed by atoms with Gasteiger partial charge in [0.05, 0.1) is 0 Å². The van der Waals surface area contributed by atoms with Crippen LogP contribution in [0.1, 0.15) is 303 Å². The molecule has 0 aromatic carbocycles. The van der Waals surface area contributed by atoms with E-state index < -0.39 is 6.10 Å². The van der Waals surface area contributed by atoms with Gasteiger partial charge < -0.3 is 14.2 Å². The normalized spacial score (nSPS) is 12.0. The van der Waals surface area contributed by atoms with Crippen LogP contribution >= 0.6 is 0 Å².